The number of rotatable bonds is 6. The summed E-state index contributed by atoms with van der Waals surface area (Å²) in [5, 5.41) is 12.2. The number of phenolic OH excluding ortho intramolecular Hbond substituents is 1. The van der Waals surface area contributed by atoms with Crippen LogP contribution in [0.4, 0.5) is 5.82 Å². The lowest BCUT2D eigenvalue weighted by Gasteiger charge is -2.17. The van der Waals surface area contributed by atoms with Crippen LogP contribution in [0.5, 0.6) is 5.75 Å². The molecule has 2 N–H and O–H groups in total. The summed E-state index contributed by atoms with van der Waals surface area (Å²) in [4.78, 5) is 18.6. The molecular formula is C17H21N3O3. The van der Waals surface area contributed by atoms with Crippen molar-refractivity contribution in [1.29, 1.82) is 0 Å². The van der Waals surface area contributed by atoms with Crippen molar-refractivity contribution in [2.24, 2.45) is 0 Å². The number of nitrogens with one attached hydrogen (secondary N) is 1. The SMILES string of the molecule is COCCNC(=O)c1ccc(-c2ccc(O)cc2)nc1N(C)C. The van der Waals surface area contributed by atoms with E-state index in [9.17, 15) is 9.90 Å². The molecule has 2 rings (SSSR count). The van der Waals surface area contributed by atoms with E-state index in [0.717, 1.165) is 11.3 Å². The van der Waals surface area contributed by atoms with Crippen molar-refractivity contribution in [2.45, 2.75) is 0 Å². The van der Waals surface area contributed by atoms with Crippen LogP contribution in [0.15, 0.2) is 36.4 Å². The number of anilines is 1. The number of nitrogens with zero attached hydrogens (tertiary/aromatic N) is 2. The molecule has 23 heavy (non-hydrogen) atoms. The Bertz CT molecular complexity index is 669. The fraction of sp³-hybridized carbons (Fsp3) is 0.294. The van der Waals surface area contributed by atoms with Crippen molar-refractivity contribution in [2.75, 3.05) is 39.3 Å². The first-order valence-corrected chi connectivity index (χ1v) is 7.28. The molecule has 0 saturated heterocycles. The second kappa shape index (κ2) is 7.60. The minimum absolute atomic E-state index is 0.185. The molecule has 0 radical (unpaired) electrons. The van der Waals surface area contributed by atoms with Gasteiger partial charge in [-0.1, -0.05) is 0 Å². The zero-order valence-corrected chi connectivity index (χ0v) is 13.5. The lowest BCUT2D eigenvalue weighted by atomic mass is 10.1. The zero-order valence-electron chi connectivity index (χ0n) is 13.5. The fourth-order valence-electron chi connectivity index (χ4n) is 2.12. The number of amides is 1. The van der Waals surface area contributed by atoms with Gasteiger partial charge in [-0.3, -0.25) is 4.79 Å². The quantitative estimate of drug-likeness (QED) is 0.796. The second-order valence-corrected chi connectivity index (χ2v) is 5.26. The highest BCUT2D eigenvalue weighted by Gasteiger charge is 2.15. The van der Waals surface area contributed by atoms with Gasteiger partial charge in [0.25, 0.3) is 5.91 Å². The third kappa shape index (κ3) is 4.20. The average Bonchev–Trinajstić information content (AvgIpc) is 2.55. The third-order valence-corrected chi connectivity index (χ3v) is 3.30. The van der Waals surface area contributed by atoms with Crippen molar-refractivity contribution in [3.63, 3.8) is 0 Å². The molecule has 122 valence electrons. The molecule has 2 aromatic rings. The summed E-state index contributed by atoms with van der Waals surface area (Å²) in [7, 11) is 5.27. The Labute approximate surface area is 135 Å². The molecule has 0 fully saturated rings. The van der Waals surface area contributed by atoms with Crippen molar-refractivity contribution in [3.8, 4) is 17.0 Å². The molecule has 0 aliphatic carbocycles. The molecule has 0 aliphatic rings. The van der Waals surface area contributed by atoms with E-state index in [2.05, 4.69) is 10.3 Å². The molecule has 0 aliphatic heterocycles. The molecule has 0 saturated carbocycles. The van der Waals surface area contributed by atoms with Crippen molar-refractivity contribution in [1.82, 2.24) is 10.3 Å². The van der Waals surface area contributed by atoms with E-state index in [1.54, 1.807) is 48.4 Å². The molecule has 6 nitrogen and oxygen atoms in total. The first kappa shape index (κ1) is 16.8. The molecule has 0 bridgehead atoms. The zero-order chi connectivity index (χ0) is 16.8. The Kier molecular flexibility index (Phi) is 5.54. The van der Waals surface area contributed by atoms with E-state index < -0.39 is 0 Å². The molecule has 1 aromatic carbocycles. The fourth-order valence-corrected chi connectivity index (χ4v) is 2.12. The van der Waals surface area contributed by atoms with Crippen LogP contribution in [0.2, 0.25) is 0 Å². The number of phenols is 1. The van der Waals surface area contributed by atoms with Gasteiger partial charge in [0.2, 0.25) is 0 Å². The summed E-state index contributed by atoms with van der Waals surface area (Å²) in [5.41, 5.74) is 2.12. The van der Waals surface area contributed by atoms with Crippen molar-refractivity contribution >= 4 is 11.7 Å². The number of carbonyl (C=O) groups excluding carboxylic acids is 1. The summed E-state index contributed by atoms with van der Waals surface area (Å²) in [6.07, 6.45) is 0. The molecule has 1 heterocycles. The molecule has 0 spiro atoms. The van der Waals surface area contributed by atoms with E-state index in [1.165, 1.54) is 0 Å². The number of aromatic nitrogens is 1. The third-order valence-electron chi connectivity index (χ3n) is 3.30. The average molecular weight is 315 g/mol. The van der Waals surface area contributed by atoms with Gasteiger partial charge < -0.3 is 20.1 Å². The van der Waals surface area contributed by atoms with Crippen LogP contribution in [0, 0.1) is 0 Å². The lowest BCUT2D eigenvalue weighted by molar-refractivity contribution is 0.0937. The topological polar surface area (TPSA) is 74.7 Å². The molecule has 1 amide bonds. The van der Waals surface area contributed by atoms with E-state index in [-0.39, 0.29) is 11.7 Å². The maximum absolute atomic E-state index is 12.3. The molecular weight excluding hydrogens is 294 g/mol. The minimum atomic E-state index is -0.185. The van der Waals surface area contributed by atoms with Crippen LogP contribution in [-0.2, 0) is 4.74 Å². The predicted molar refractivity (Wildman–Crippen MR) is 89.9 cm³/mol. The van der Waals surface area contributed by atoms with Gasteiger partial charge >= 0.3 is 0 Å². The van der Waals surface area contributed by atoms with Gasteiger partial charge in [-0.15, -0.1) is 0 Å². The molecule has 6 heteroatoms. The predicted octanol–water partition coefficient (Wildman–Crippen LogP) is 1.90. The summed E-state index contributed by atoms with van der Waals surface area (Å²) in [5.74, 6) is 0.608. The number of hydrogen-bond acceptors (Lipinski definition) is 5. The van der Waals surface area contributed by atoms with E-state index >= 15 is 0 Å². The summed E-state index contributed by atoms with van der Waals surface area (Å²) in [6.45, 7) is 0.907. The first-order chi connectivity index (χ1) is 11.0. The smallest absolute Gasteiger partial charge is 0.255 e. The standard InChI is InChI=1S/C17H21N3O3/c1-20(2)16-14(17(22)18-10-11-23-3)8-9-15(19-16)12-4-6-13(21)7-5-12/h4-9,21H,10-11H2,1-3H3,(H,18,22). The van der Waals surface area contributed by atoms with Gasteiger partial charge in [-0.2, -0.15) is 0 Å². The number of methoxy groups -OCH3 is 1. The van der Waals surface area contributed by atoms with E-state index in [4.69, 9.17) is 4.74 Å². The van der Waals surface area contributed by atoms with Gasteiger partial charge in [0.1, 0.15) is 11.6 Å². The summed E-state index contributed by atoms with van der Waals surface area (Å²) < 4.78 is 4.93. The van der Waals surface area contributed by atoms with Gasteiger partial charge in [0.05, 0.1) is 17.9 Å². The first-order valence-electron chi connectivity index (χ1n) is 7.28. The number of ether oxygens (including phenoxy) is 1. The number of benzene rings is 1. The van der Waals surface area contributed by atoms with Crippen LogP contribution in [0.25, 0.3) is 11.3 Å². The van der Waals surface area contributed by atoms with E-state index in [0.29, 0.717) is 24.5 Å². The van der Waals surface area contributed by atoms with Gasteiger partial charge in [-0.05, 0) is 36.4 Å². The van der Waals surface area contributed by atoms with Crippen molar-refractivity contribution in [3.05, 3.63) is 42.0 Å². The number of pyridine rings is 1. The molecule has 1 aromatic heterocycles. The molecule has 0 atom stereocenters. The largest absolute Gasteiger partial charge is 0.508 e. The summed E-state index contributed by atoms with van der Waals surface area (Å²) in [6, 6.07) is 10.3. The van der Waals surface area contributed by atoms with Gasteiger partial charge in [-0.25, -0.2) is 4.98 Å². The Morgan fingerprint density at radius 1 is 1.22 bits per heavy atom. The highest BCUT2D eigenvalue weighted by molar-refractivity contribution is 5.99. The van der Waals surface area contributed by atoms with Crippen LogP contribution < -0.4 is 10.2 Å². The highest BCUT2D eigenvalue weighted by atomic mass is 16.5. The van der Waals surface area contributed by atoms with E-state index in [1.807, 2.05) is 14.1 Å². The Morgan fingerprint density at radius 2 is 1.91 bits per heavy atom. The maximum atomic E-state index is 12.3. The van der Waals surface area contributed by atoms with Crippen LogP contribution in [0.3, 0.4) is 0 Å². The maximum Gasteiger partial charge on any atom is 0.255 e. The van der Waals surface area contributed by atoms with Crippen LogP contribution in [-0.4, -0.2) is 50.4 Å². The Hall–Kier alpha value is -2.60. The lowest BCUT2D eigenvalue weighted by Crippen LogP contribution is -2.29. The Morgan fingerprint density at radius 3 is 2.52 bits per heavy atom. The van der Waals surface area contributed by atoms with Crippen LogP contribution in [0.1, 0.15) is 10.4 Å². The van der Waals surface area contributed by atoms with Gasteiger partial charge in [0, 0.05) is 33.3 Å². The monoisotopic (exact) mass is 315 g/mol. The van der Waals surface area contributed by atoms with Gasteiger partial charge in [0.15, 0.2) is 0 Å². The number of aromatic hydroxyl groups is 1. The van der Waals surface area contributed by atoms with Crippen molar-refractivity contribution < 1.29 is 14.6 Å². The minimum Gasteiger partial charge on any atom is -0.508 e. The highest BCUT2D eigenvalue weighted by Crippen LogP contribution is 2.24. The Balaban J connectivity index is 2.31. The normalized spacial score (nSPS) is 10.4. The number of carbonyl (C=O) groups is 1. The molecule has 0 unspecified atom stereocenters. The van der Waals surface area contributed by atoms with Crippen LogP contribution >= 0.6 is 0 Å². The number of hydrogen-bond donors (Lipinski definition) is 2. The second-order valence-electron chi connectivity index (χ2n) is 5.26. The summed E-state index contributed by atoms with van der Waals surface area (Å²) >= 11 is 0.